The summed E-state index contributed by atoms with van der Waals surface area (Å²) in [6.45, 7) is 5.77. The summed E-state index contributed by atoms with van der Waals surface area (Å²) in [4.78, 5) is 7.66. The van der Waals surface area contributed by atoms with E-state index in [1.54, 1.807) is 24.3 Å². The second-order valence-electron chi connectivity index (χ2n) is 6.31. The molecule has 8 heteroatoms. The Bertz CT molecular complexity index is 694. The van der Waals surface area contributed by atoms with Gasteiger partial charge in [-0.1, -0.05) is 23.7 Å². The van der Waals surface area contributed by atoms with Gasteiger partial charge in [0.25, 0.3) is 0 Å². The van der Waals surface area contributed by atoms with Gasteiger partial charge in [-0.25, -0.2) is 4.98 Å². The molecule has 2 aromatic rings. The Balaban J connectivity index is 2.24. The number of rotatable bonds is 4. The van der Waals surface area contributed by atoms with E-state index in [1.807, 2.05) is 20.8 Å². The highest BCUT2D eigenvalue weighted by atomic mass is 35.5. The van der Waals surface area contributed by atoms with Crippen molar-refractivity contribution in [1.82, 2.24) is 9.97 Å². The molecule has 1 aromatic heterocycles. The Morgan fingerprint density at radius 1 is 1.04 bits per heavy atom. The molecule has 0 fully saturated rings. The molecule has 130 valence electrons. The molecular formula is C16H18ClF3N4. The molecule has 2 N–H and O–H groups in total. The van der Waals surface area contributed by atoms with Gasteiger partial charge in [0.15, 0.2) is 5.69 Å². The largest absolute Gasteiger partial charge is 0.433 e. The minimum atomic E-state index is -4.55. The number of nitrogens with one attached hydrogen (secondary N) is 2. The van der Waals surface area contributed by atoms with E-state index in [9.17, 15) is 13.2 Å². The molecule has 1 heterocycles. The normalized spacial score (nSPS) is 12.1. The first-order chi connectivity index (χ1) is 11.0. The van der Waals surface area contributed by atoms with E-state index < -0.39 is 17.4 Å². The van der Waals surface area contributed by atoms with Crippen molar-refractivity contribution in [3.05, 3.63) is 46.6 Å². The monoisotopic (exact) mass is 358 g/mol. The van der Waals surface area contributed by atoms with Crippen LogP contribution in [0.3, 0.4) is 0 Å². The van der Waals surface area contributed by atoms with Crippen molar-refractivity contribution in [2.24, 2.45) is 0 Å². The van der Waals surface area contributed by atoms with E-state index >= 15 is 0 Å². The summed E-state index contributed by atoms with van der Waals surface area (Å²) in [6, 6.07) is 7.90. The van der Waals surface area contributed by atoms with Gasteiger partial charge in [-0.2, -0.15) is 18.2 Å². The van der Waals surface area contributed by atoms with E-state index in [0.717, 1.165) is 11.6 Å². The summed E-state index contributed by atoms with van der Waals surface area (Å²) in [5.41, 5.74) is -0.586. The van der Waals surface area contributed by atoms with Crippen LogP contribution in [0.4, 0.5) is 24.9 Å². The second kappa shape index (κ2) is 6.84. The number of halogens is 4. The van der Waals surface area contributed by atoms with Crippen LogP contribution in [-0.2, 0) is 12.7 Å². The van der Waals surface area contributed by atoms with E-state index in [2.05, 4.69) is 20.6 Å². The molecule has 0 unspecified atom stereocenters. The van der Waals surface area contributed by atoms with Crippen molar-refractivity contribution < 1.29 is 13.2 Å². The predicted molar refractivity (Wildman–Crippen MR) is 89.2 cm³/mol. The van der Waals surface area contributed by atoms with Crippen molar-refractivity contribution >= 4 is 23.4 Å². The van der Waals surface area contributed by atoms with Crippen LogP contribution in [0.1, 0.15) is 32.0 Å². The van der Waals surface area contributed by atoms with Gasteiger partial charge in [0.1, 0.15) is 5.82 Å². The average molecular weight is 359 g/mol. The second-order valence-corrected chi connectivity index (χ2v) is 6.75. The Kier molecular flexibility index (Phi) is 5.22. The molecular weight excluding hydrogens is 341 g/mol. The van der Waals surface area contributed by atoms with Crippen LogP contribution in [0.2, 0.25) is 5.02 Å². The number of hydrogen-bond acceptors (Lipinski definition) is 4. The van der Waals surface area contributed by atoms with Crippen LogP contribution in [0.25, 0.3) is 0 Å². The Hall–Kier alpha value is -2.02. The van der Waals surface area contributed by atoms with Crippen molar-refractivity contribution in [1.29, 1.82) is 0 Å². The van der Waals surface area contributed by atoms with Crippen molar-refractivity contribution in [2.45, 2.75) is 39.0 Å². The van der Waals surface area contributed by atoms with Crippen LogP contribution in [0.15, 0.2) is 30.3 Å². The van der Waals surface area contributed by atoms with Crippen LogP contribution >= 0.6 is 11.6 Å². The Morgan fingerprint density at radius 2 is 1.67 bits per heavy atom. The average Bonchev–Trinajstić information content (AvgIpc) is 2.44. The van der Waals surface area contributed by atoms with Gasteiger partial charge >= 0.3 is 6.18 Å². The predicted octanol–water partition coefficient (Wildman–Crippen LogP) is 4.97. The number of alkyl halides is 3. The maximum Gasteiger partial charge on any atom is 0.433 e. The third kappa shape index (κ3) is 5.56. The summed E-state index contributed by atoms with van der Waals surface area (Å²) in [6.07, 6.45) is -4.55. The standard InChI is InChI=1S/C16H18ClF3N4/c1-15(2,3)24-14-22-12(16(18,19)20)8-13(23-14)21-9-10-4-6-11(17)7-5-10/h4-8H,9H2,1-3H3,(H2,21,22,23,24). The summed E-state index contributed by atoms with van der Waals surface area (Å²) < 4.78 is 39.1. The van der Waals surface area contributed by atoms with Gasteiger partial charge in [-0.05, 0) is 38.5 Å². The van der Waals surface area contributed by atoms with E-state index in [4.69, 9.17) is 11.6 Å². The fourth-order valence-electron chi connectivity index (χ4n) is 1.87. The highest BCUT2D eigenvalue weighted by molar-refractivity contribution is 6.30. The van der Waals surface area contributed by atoms with E-state index in [1.165, 1.54) is 0 Å². The highest BCUT2D eigenvalue weighted by Crippen LogP contribution is 2.30. The molecule has 0 saturated carbocycles. The van der Waals surface area contributed by atoms with Gasteiger partial charge in [-0.15, -0.1) is 0 Å². The molecule has 0 spiro atoms. The van der Waals surface area contributed by atoms with Crippen LogP contribution in [0, 0.1) is 0 Å². The molecule has 0 saturated heterocycles. The zero-order chi connectivity index (χ0) is 18.0. The summed E-state index contributed by atoms with van der Waals surface area (Å²) >= 11 is 5.81. The molecule has 2 rings (SSSR count). The topological polar surface area (TPSA) is 49.8 Å². The lowest BCUT2D eigenvalue weighted by Gasteiger charge is -2.21. The van der Waals surface area contributed by atoms with Gasteiger partial charge < -0.3 is 10.6 Å². The Morgan fingerprint density at radius 3 is 2.21 bits per heavy atom. The first-order valence-electron chi connectivity index (χ1n) is 7.26. The minimum Gasteiger partial charge on any atom is -0.366 e. The molecule has 0 atom stereocenters. The van der Waals surface area contributed by atoms with Crippen LogP contribution in [0.5, 0.6) is 0 Å². The molecule has 0 aliphatic rings. The van der Waals surface area contributed by atoms with Crippen molar-refractivity contribution in [2.75, 3.05) is 10.6 Å². The smallest absolute Gasteiger partial charge is 0.366 e. The zero-order valence-corrected chi connectivity index (χ0v) is 14.3. The number of nitrogens with zero attached hydrogens (tertiary/aromatic N) is 2. The van der Waals surface area contributed by atoms with Gasteiger partial charge in [0, 0.05) is 23.2 Å². The van der Waals surface area contributed by atoms with E-state index in [0.29, 0.717) is 11.6 Å². The molecule has 0 amide bonds. The van der Waals surface area contributed by atoms with Crippen molar-refractivity contribution in [3.63, 3.8) is 0 Å². The molecule has 0 radical (unpaired) electrons. The Labute approximate surface area is 143 Å². The molecule has 0 aliphatic heterocycles. The quantitative estimate of drug-likeness (QED) is 0.810. The third-order valence-electron chi connectivity index (χ3n) is 2.89. The third-order valence-corrected chi connectivity index (χ3v) is 3.14. The lowest BCUT2D eigenvalue weighted by molar-refractivity contribution is -0.141. The summed E-state index contributed by atoms with van der Waals surface area (Å²) in [5.74, 6) is 0.0231. The number of aromatic nitrogens is 2. The highest BCUT2D eigenvalue weighted by Gasteiger charge is 2.34. The van der Waals surface area contributed by atoms with E-state index in [-0.39, 0.29) is 11.8 Å². The molecule has 1 aromatic carbocycles. The molecule has 0 bridgehead atoms. The molecule has 24 heavy (non-hydrogen) atoms. The summed E-state index contributed by atoms with van der Waals surface area (Å²) in [5, 5.41) is 6.34. The number of benzene rings is 1. The van der Waals surface area contributed by atoms with Gasteiger partial charge in [0.2, 0.25) is 5.95 Å². The first-order valence-corrected chi connectivity index (χ1v) is 7.63. The van der Waals surface area contributed by atoms with Gasteiger partial charge in [-0.3, -0.25) is 0 Å². The fraction of sp³-hybridized carbons (Fsp3) is 0.375. The van der Waals surface area contributed by atoms with Crippen molar-refractivity contribution in [3.8, 4) is 0 Å². The maximum atomic E-state index is 13.0. The number of hydrogen-bond donors (Lipinski definition) is 2. The van der Waals surface area contributed by atoms with Gasteiger partial charge in [0.05, 0.1) is 0 Å². The zero-order valence-electron chi connectivity index (χ0n) is 13.5. The number of anilines is 2. The van der Waals surface area contributed by atoms with Crippen LogP contribution < -0.4 is 10.6 Å². The SMILES string of the molecule is CC(C)(C)Nc1nc(NCc2ccc(Cl)cc2)cc(C(F)(F)F)n1. The lowest BCUT2D eigenvalue weighted by Crippen LogP contribution is -2.28. The van der Waals surface area contributed by atoms with Crippen LogP contribution in [-0.4, -0.2) is 15.5 Å². The fourth-order valence-corrected chi connectivity index (χ4v) is 2.00. The molecule has 0 aliphatic carbocycles. The summed E-state index contributed by atoms with van der Waals surface area (Å²) in [7, 11) is 0. The maximum absolute atomic E-state index is 13.0. The lowest BCUT2D eigenvalue weighted by atomic mass is 10.1. The molecule has 4 nitrogen and oxygen atoms in total. The first kappa shape index (κ1) is 18.3. The minimum absolute atomic E-state index is 0.0732.